The Bertz CT molecular complexity index is 249. The van der Waals surface area contributed by atoms with E-state index < -0.39 is 0 Å². The van der Waals surface area contributed by atoms with Gasteiger partial charge < -0.3 is 10.6 Å². The van der Waals surface area contributed by atoms with E-state index >= 15 is 0 Å². The minimum atomic E-state index is 0.413. The Kier molecular flexibility index (Phi) is 6.07. The van der Waals surface area contributed by atoms with Gasteiger partial charge in [0.25, 0.3) is 0 Å². The first-order chi connectivity index (χ1) is 9.16. The molecule has 0 amide bonds. The van der Waals surface area contributed by atoms with Crippen LogP contribution in [-0.4, -0.2) is 80.1 Å². The van der Waals surface area contributed by atoms with Gasteiger partial charge in [-0.2, -0.15) is 0 Å². The Balaban J connectivity index is 1.75. The number of likely N-dealkylation sites (N-methyl/N-ethyl adjacent to an activating group) is 1. The third-order valence-corrected chi connectivity index (χ3v) is 4.77. The van der Waals surface area contributed by atoms with Crippen molar-refractivity contribution in [3.05, 3.63) is 0 Å². The molecule has 0 bridgehead atoms. The van der Waals surface area contributed by atoms with Gasteiger partial charge in [-0.05, 0) is 26.9 Å². The maximum Gasteiger partial charge on any atom is 0.0248 e. The lowest BCUT2D eigenvalue weighted by Crippen LogP contribution is -2.55. The van der Waals surface area contributed by atoms with Crippen molar-refractivity contribution in [3.8, 4) is 0 Å². The summed E-state index contributed by atoms with van der Waals surface area (Å²) in [5, 5.41) is 0. The van der Waals surface area contributed by atoms with Crippen molar-refractivity contribution in [1.82, 2.24) is 14.7 Å². The third-order valence-electron chi connectivity index (χ3n) is 4.77. The van der Waals surface area contributed by atoms with Crippen molar-refractivity contribution in [2.75, 3.05) is 53.4 Å². The molecular formula is C15H32N4. The quantitative estimate of drug-likeness (QED) is 0.766. The van der Waals surface area contributed by atoms with E-state index in [-0.39, 0.29) is 0 Å². The smallest absolute Gasteiger partial charge is 0.0248 e. The van der Waals surface area contributed by atoms with Crippen LogP contribution in [0.25, 0.3) is 0 Å². The summed E-state index contributed by atoms with van der Waals surface area (Å²) >= 11 is 0. The predicted octanol–water partition coefficient (Wildman–Crippen LogP) is 0.826. The van der Waals surface area contributed by atoms with Crippen molar-refractivity contribution in [2.45, 2.75) is 44.2 Å². The Morgan fingerprint density at radius 2 is 1.68 bits per heavy atom. The van der Waals surface area contributed by atoms with E-state index in [9.17, 15) is 0 Å². The van der Waals surface area contributed by atoms with Crippen molar-refractivity contribution >= 4 is 0 Å². The molecule has 2 rings (SSSR count). The molecule has 0 aromatic carbocycles. The van der Waals surface area contributed by atoms with Crippen LogP contribution in [0.5, 0.6) is 0 Å². The van der Waals surface area contributed by atoms with Crippen molar-refractivity contribution in [1.29, 1.82) is 0 Å². The molecule has 2 unspecified atom stereocenters. The number of hydrogen-bond acceptors (Lipinski definition) is 4. The maximum atomic E-state index is 6.38. The van der Waals surface area contributed by atoms with Crippen LogP contribution < -0.4 is 5.73 Å². The van der Waals surface area contributed by atoms with Gasteiger partial charge in [-0.25, -0.2) is 0 Å². The summed E-state index contributed by atoms with van der Waals surface area (Å²) in [4.78, 5) is 7.54. The lowest BCUT2D eigenvalue weighted by molar-refractivity contribution is 0.0780. The first kappa shape index (κ1) is 15.2. The summed E-state index contributed by atoms with van der Waals surface area (Å²) in [5.74, 6) is 0. The van der Waals surface area contributed by atoms with E-state index in [1.54, 1.807) is 0 Å². The largest absolute Gasteiger partial charge is 0.326 e. The zero-order valence-electron chi connectivity index (χ0n) is 12.9. The fourth-order valence-corrected chi connectivity index (χ4v) is 3.43. The van der Waals surface area contributed by atoms with Crippen LogP contribution >= 0.6 is 0 Å². The van der Waals surface area contributed by atoms with Crippen LogP contribution in [0, 0.1) is 0 Å². The Morgan fingerprint density at radius 3 is 2.37 bits per heavy atom. The van der Waals surface area contributed by atoms with Crippen LogP contribution in [0.2, 0.25) is 0 Å². The molecule has 1 aliphatic carbocycles. The van der Waals surface area contributed by atoms with Gasteiger partial charge in [0.05, 0.1) is 0 Å². The fraction of sp³-hybridized carbons (Fsp3) is 1.00. The highest BCUT2D eigenvalue weighted by atomic mass is 15.3. The van der Waals surface area contributed by atoms with Gasteiger partial charge in [0, 0.05) is 51.4 Å². The summed E-state index contributed by atoms with van der Waals surface area (Å²) in [5.41, 5.74) is 6.38. The highest BCUT2D eigenvalue weighted by Crippen LogP contribution is 2.22. The van der Waals surface area contributed by atoms with Gasteiger partial charge in [0.2, 0.25) is 0 Å². The van der Waals surface area contributed by atoms with E-state index in [1.165, 1.54) is 71.4 Å². The molecule has 4 nitrogen and oxygen atoms in total. The molecule has 1 saturated heterocycles. The minimum absolute atomic E-state index is 0.413. The molecule has 112 valence electrons. The predicted molar refractivity (Wildman–Crippen MR) is 81.4 cm³/mol. The molecule has 2 atom stereocenters. The standard InChI is InChI=1S/C15H32N4/c1-17(2)8-9-18-10-12-19(13-11-18)15-7-5-3-4-6-14(15)16/h14-15H,3-13,16H2,1-2H3. The molecule has 0 spiro atoms. The van der Waals surface area contributed by atoms with E-state index in [1.807, 2.05) is 0 Å². The highest BCUT2D eigenvalue weighted by Gasteiger charge is 2.28. The number of hydrogen-bond donors (Lipinski definition) is 1. The van der Waals surface area contributed by atoms with Crippen LogP contribution in [0.4, 0.5) is 0 Å². The van der Waals surface area contributed by atoms with Crippen LogP contribution in [0.15, 0.2) is 0 Å². The molecule has 2 aliphatic rings. The first-order valence-electron chi connectivity index (χ1n) is 8.03. The van der Waals surface area contributed by atoms with Crippen molar-refractivity contribution in [3.63, 3.8) is 0 Å². The zero-order valence-corrected chi connectivity index (χ0v) is 12.9. The average Bonchev–Trinajstić information content (AvgIpc) is 2.62. The third kappa shape index (κ3) is 4.71. The summed E-state index contributed by atoms with van der Waals surface area (Å²) in [6.45, 7) is 7.24. The number of piperazine rings is 1. The molecular weight excluding hydrogens is 236 g/mol. The summed E-state index contributed by atoms with van der Waals surface area (Å²) in [6, 6.07) is 1.06. The lowest BCUT2D eigenvalue weighted by atomic mass is 10.0. The minimum Gasteiger partial charge on any atom is -0.326 e. The van der Waals surface area contributed by atoms with E-state index in [2.05, 4.69) is 28.8 Å². The molecule has 0 aromatic rings. The van der Waals surface area contributed by atoms with Gasteiger partial charge in [0.1, 0.15) is 0 Å². The lowest BCUT2D eigenvalue weighted by Gasteiger charge is -2.41. The SMILES string of the molecule is CN(C)CCN1CCN(C2CCCCCC2N)CC1. The van der Waals surface area contributed by atoms with Crippen LogP contribution in [0.1, 0.15) is 32.1 Å². The van der Waals surface area contributed by atoms with Gasteiger partial charge in [-0.15, -0.1) is 0 Å². The monoisotopic (exact) mass is 268 g/mol. The highest BCUT2D eigenvalue weighted by molar-refractivity contribution is 4.87. The average molecular weight is 268 g/mol. The molecule has 1 heterocycles. The molecule has 19 heavy (non-hydrogen) atoms. The molecule has 1 saturated carbocycles. The van der Waals surface area contributed by atoms with Crippen LogP contribution in [0.3, 0.4) is 0 Å². The Labute approximate surface area is 118 Å². The molecule has 0 aromatic heterocycles. The molecule has 0 radical (unpaired) electrons. The second-order valence-corrected chi connectivity index (χ2v) is 6.55. The zero-order chi connectivity index (χ0) is 13.7. The van der Waals surface area contributed by atoms with Gasteiger partial charge >= 0.3 is 0 Å². The number of nitrogens with two attached hydrogens (primary N) is 1. The topological polar surface area (TPSA) is 35.7 Å². The summed E-state index contributed by atoms with van der Waals surface area (Å²) < 4.78 is 0. The van der Waals surface area contributed by atoms with E-state index in [0.717, 1.165) is 0 Å². The van der Waals surface area contributed by atoms with Gasteiger partial charge in [0.15, 0.2) is 0 Å². The molecule has 2 N–H and O–H groups in total. The van der Waals surface area contributed by atoms with Crippen molar-refractivity contribution in [2.24, 2.45) is 5.73 Å². The number of nitrogens with zero attached hydrogens (tertiary/aromatic N) is 3. The van der Waals surface area contributed by atoms with Gasteiger partial charge in [-0.3, -0.25) is 9.80 Å². The van der Waals surface area contributed by atoms with Gasteiger partial charge in [-0.1, -0.05) is 19.3 Å². The summed E-state index contributed by atoms with van der Waals surface area (Å²) in [6.07, 6.45) is 6.64. The molecule has 2 fully saturated rings. The second kappa shape index (κ2) is 7.58. The van der Waals surface area contributed by atoms with E-state index in [4.69, 9.17) is 5.73 Å². The Hall–Kier alpha value is -0.160. The summed E-state index contributed by atoms with van der Waals surface area (Å²) in [7, 11) is 4.31. The first-order valence-corrected chi connectivity index (χ1v) is 8.03. The normalized spacial score (nSPS) is 31.6. The van der Waals surface area contributed by atoms with Crippen LogP contribution in [-0.2, 0) is 0 Å². The molecule has 1 aliphatic heterocycles. The second-order valence-electron chi connectivity index (χ2n) is 6.55. The molecule has 4 heteroatoms. The fourth-order valence-electron chi connectivity index (χ4n) is 3.43. The van der Waals surface area contributed by atoms with Crippen molar-refractivity contribution < 1.29 is 0 Å². The Morgan fingerprint density at radius 1 is 1.00 bits per heavy atom. The van der Waals surface area contributed by atoms with E-state index in [0.29, 0.717) is 12.1 Å². The maximum absolute atomic E-state index is 6.38. The number of rotatable bonds is 4.